The Kier molecular flexibility index (Phi) is 3.22. The first kappa shape index (κ1) is 9.75. The van der Waals surface area contributed by atoms with Crippen LogP contribution >= 0.6 is 0 Å². The van der Waals surface area contributed by atoms with Gasteiger partial charge < -0.3 is 4.74 Å². The van der Waals surface area contributed by atoms with Gasteiger partial charge in [0.15, 0.2) is 0 Å². The van der Waals surface area contributed by atoms with E-state index in [1.165, 1.54) is 19.3 Å². The molecular formula is C12H18O2. The molecule has 0 saturated heterocycles. The average Bonchev–Trinajstić information content (AvgIpc) is 2.27. The van der Waals surface area contributed by atoms with Crippen LogP contribution in [0.4, 0.5) is 0 Å². The Morgan fingerprint density at radius 3 is 3.00 bits per heavy atom. The molecule has 2 nitrogen and oxygen atoms in total. The summed E-state index contributed by atoms with van der Waals surface area (Å²) in [7, 11) is 0. The van der Waals surface area contributed by atoms with E-state index in [4.69, 9.17) is 4.74 Å². The van der Waals surface area contributed by atoms with Crippen LogP contribution in [0, 0.1) is 5.92 Å². The fourth-order valence-corrected chi connectivity index (χ4v) is 2.36. The van der Waals surface area contributed by atoms with Gasteiger partial charge in [-0.25, -0.2) is 0 Å². The molecule has 0 unspecified atom stereocenters. The van der Waals surface area contributed by atoms with E-state index in [1.807, 2.05) is 0 Å². The van der Waals surface area contributed by atoms with Crippen molar-refractivity contribution in [2.24, 2.45) is 5.92 Å². The van der Waals surface area contributed by atoms with Gasteiger partial charge in [0.2, 0.25) is 0 Å². The van der Waals surface area contributed by atoms with Gasteiger partial charge in [0.25, 0.3) is 0 Å². The monoisotopic (exact) mass is 194 g/mol. The lowest BCUT2D eigenvalue weighted by Crippen LogP contribution is -2.28. The van der Waals surface area contributed by atoms with Gasteiger partial charge in [-0.2, -0.15) is 0 Å². The summed E-state index contributed by atoms with van der Waals surface area (Å²) >= 11 is 0. The Hall–Kier alpha value is -0.790. The van der Waals surface area contributed by atoms with E-state index in [0.29, 0.717) is 12.3 Å². The first-order valence-corrected chi connectivity index (χ1v) is 5.72. The average molecular weight is 194 g/mol. The second-order valence-electron chi connectivity index (χ2n) is 4.30. The zero-order valence-corrected chi connectivity index (χ0v) is 8.58. The summed E-state index contributed by atoms with van der Waals surface area (Å²) in [5.74, 6) is 0.497. The predicted octanol–water partition coefficient (Wildman–Crippen LogP) is 2.83. The highest BCUT2D eigenvalue weighted by atomic mass is 16.5. The molecule has 0 N–H and O–H groups in total. The normalized spacial score (nSPS) is 35.9. The van der Waals surface area contributed by atoms with Gasteiger partial charge >= 0.3 is 5.97 Å². The molecule has 1 aliphatic carbocycles. The van der Waals surface area contributed by atoms with Crippen LogP contribution in [0.25, 0.3) is 0 Å². The maximum Gasteiger partial charge on any atom is 0.306 e. The second-order valence-corrected chi connectivity index (χ2v) is 4.30. The fraction of sp³-hybridized carbons (Fsp3) is 0.750. The van der Waals surface area contributed by atoms with Crippen LogP contribution in [0.5, 0.6) is 0 Å². The van der Waals surface area contributed by atoms with Crippen molar-refractivity contribution >= 4 is 5.97 Å². The Morgan fingerprint density at radius 1 is 1.21 bits per heavy atom. The minimum atomic E-state index is 0.00519. The molecule has 2 heteroatoms. The summed E-state index contributed by atoms with van der Waals surface area (Å²) in [6, 6.07) is 0. The van der Waals surface area contributed by atoms with Crippen LogP contribution in [0.2, 0.25) is 0 Å². The summed E-state index contributed by atoms with van der Waals surface area (Å²) in [5, 5.41) is 0. The van der Waals surface area contributed by atoms with E-state index in [-0.39, 0.29) is 12.1 Å². The standard InChI is InChI=1S/C12H18O2/c13-12-9-3-1-2-6-10-7-4-5-8-11(10)14-12/h2,6,10-11H,1,3-5,7-9H2/b6-2-/t10-,11-/m0/s1. The van der Waals surface area contributed by atoms with Crippen molar-refractivity contribution in [1.29, 1.82) is 0 Å². The predicted molar refractivity (Wildman–Crippen MR) is 54.8 cm³/mol. The van der Waals surface area contributed by atoms with Crippen LogP contribution in [0.1, 0.15) is 44.9 Å². The lowest BCUT2D eigenvalue weighted by atomic mass is 9.86. The van der Waals surface area contributed by atoms with E-state index in [9.17, 15) is 4.79 Å². The molecule has 0 aromatic carbocycles. The van der Waals surface area contributed by atoms with Gasteiger partial charge in [0.05, 0.1) is 0 Å². The molecule has 0 spiro atoms. The molecule has 1 aliphatic heterocycles. The first-order valence-electron chi connectivity index (χ1n) is 5.72. The van der Waals surface area contributed by atoms with Crippen molar-refractivity contribution in [3.63, 3.8) is 0 Å². The summed E-state index contributed by atoms with van der Waals surface area (Å²) in [6.45, 7) is 0. The number of carbonyl (C=O) groups is 1. The smallest absolute Gasteiger partial charge is 0.306 e. The van der Waals surface area contributed by atoms with Gasteiger partial charge in [-0.1, -0.05) is 18.6 Å². The molecule has 1 fully saturated rings. The summed E-state index contributed by atoms with van der Waals surface area (Å²) in [6.07, 6.45) is 12.0. The van der Waals surface area contributed by atoms with Crippen molar-refractivity contribution in [2.45, 2.75) is 51.0 Å². The summed E-state index contributed by atoms with van der Waals surface area (Å²) in [4.78, 5) is 11.4. The molecule has 2 rings (SSSR count). The number of esters is 1. The van der Waals surface area contributed by atoms with Crippen LogP contribution in [-0.2, 0) is 9.53 Å². The van der Waals surface area contributed by atoms with Crippen LogP contribution < -0.4 is 0 Å². The van der Waals surface area contributed by atoms with Gasteiger partial charge in [-0.3, -0.25) is 4.79 Å². The number of ether oxygens (including phenoxy) is 1. The number of carbonyl (C=O) groups excluding carboxylic acids is 1. The molecule has 0 radical (unpaired) electrons. The van der Waals surface area contributed by atoms with Crippen molar-refractivity contribution in [2.75, 3.05) is 0 Å². The largest absolute Gasteiger partial charge is 0.462 e. The van der Waals surface area contributed by atoms with E-state index in [2.05, 4.69) is 12.2 Å². The highest BCUT2D eigenvalue weighted by molar-refractivity contribution is 5.69. The molecule has 78 valence electrons. The zero-order valence-electron chi connectivity index (χ0n) is 8.58. The molecule has 0 amide bonds. The third kappa shape index (κ3) is 2.37. The fourth-order valence-electron chi connectivity index (χ4n) is 2.36. The number of hydrogen-bond acceptors (Lipinski definition) is 2. The summed E-state index contributed by atoms with van der Waals surface area (Å²) < 4.78 is 5.49. The highest BCUT2D eigenvalue weighted by Crippen LogP contribution is 2.29. The van der Waals surface area contributed by atoms with E-state index >= 15 is 0 Å². The molecule has 2 aliphatic rings. The number of rotatable bonds is 0. The van der Waals surface area contributed by atoms with Crippen LogP contribution in [0.3, 0.4) is 0 Å². The number of allylic oxidation sites excluding steroid dienone is 1. The quantitative estimate of drug-likeness (QED) is 0.438. The number of hydrogen-bond donors (Lipinski definition) is 0. The molecular weight excluding hydrogens is 176 g/mol. The third-order valence-electron chi connectivity index (χ3n) is 3.17. The molecule has 0 aromatic heterocycles. The molecule has 0 bridgehead atoms. The highest BCUT2D eigenvalue weighted by Gasteiger charge is 2.26. The molecule has 2 atom stereocenters. The first-order chi connectivity index (χ1) is 6.86. The van der Waals surface area contributed by atoms with Crippen LogP contribution in [0.15, 0.2) is 12.2 Å². The van der Waals surface area contributed by atoms with Crippen molar-refractivity contribution in [1.82, 2.24) is 0 Å². The van der Waals surface area contributed by atoms with E-state index in [0.717, 1.165) is 19.3 Å². The van der Waals surface area contributed by atoms with Crippen molar-refractivity contribution < 1.29 is 9.53 Å². The lowest BCUT2D eigenvalue weighted by Gasteiger charge is -2.28. The molecule has 1 saturated carbocycles. The van der Waals surface area contributed by atoms with Gasteiger partial charge in [0, 0.05) is 12.3 Å². The lowest BCUT2D eigenvalue weighted by molar-refractivity contribution is -0.152. The van der Waals surface area contributed by atoms with Crippen molar-refractivity contribution in [3.05, 3.63) is 12.2 Å². The van der Waals surface area contributed by atoms with E-state index < -0.39 is 0 Å². The Labute approximate surface area is 85.3 Å². The molecule has 0 aromatic rings. The SMILES string of the molecule is O=C1CCC/C=C\[C@H]2CCCC[C@@H]2O1. The molecule has 14 heavy (non-hydrogen) atoms. The Balaban J connectivity index is 2.05. The third-order valence-corrected chi connectivity index (χ3v) is 3.17. The van der Waals surface area contributed by atoms with Crippen molar-refractivity contribution in [3.8, 4) is 0 Å². The van der Waals surface area contributed by atoms with E-state index in [1.54, 1.807) is 0 Å². The zero-order chi connectivity index (χ0) is 9.80. The minimum Gasteiger partial charge on any atom is -0.462 e. The van der Waals surface area contributed by atoms with Gasteiger partial charge in [-0.05, 0) is 32.1 Å². The Bertz CT molecular complexity index is 232. The maximum atomic E-state index is 11.4. The van der Waals surface area contributed by atoms with Gasteiger partial charge in [0.1, 0.15) is 6.10 Å². The van der Waals surface area contributed by atoms with Crippen LogP contribution in [-0.4, -0.2) is 12.1 Å². The topological polar surface area (TPSA) is 26.3 Å². The van der Waals surface area contributed by atoms with Gasteiger partial charge in [-0.15, -0.1) is 0 Å². The Morgan fingerprint density at radius 2 is 2.07 bits per heavy atom. The maximum absolute atomic E-state index is 11.4. The minimum absolute atomic E-state index is 0.00519. The second kappa shape index (κ2) is 4.63. The molecule has 1 heterocycles. The number of fused-ring (bicyclic) bond motifs is 1. The summed E-state index contributed by atoms with van der Waals surface area (Å²) in [5.41, 5.74) is 0.